The fourth-order valence-corrected chi connectivity index (χ4v) is 4.97. The Balaban J connectivity index is 1.42. The molecule has 0 spiro atoms. The molecule has 182 valence electrons. The van der Waals surface area contributed by atoms with Gasteiger partial charge >= 0.3 is 5.97 Å². The summed E-state index contributed by atoms with van der Waals surface area (Å²) in [6, 6.07) is 26.9. The number of hydrogen-bond acceptors (Lipinski definition) is 4. The summed E-state index contributed by atoms with van der Waals surface area (Å²) in [7, 11) is 0. The SMILES string of the molecule is O=C(O)c1ccc(-n2cccc2[C@@H]2[C@H](c3ccccn3)NC(=S)N2CCCNc2ccccc2)cc1. The average Bonchev–Trinajstić information content (AvgIpc) is 3.52. The Bertz CT molecular complexity index is 1330. The number of aromatic carboxylic acids is 1. The van der Waals surface area contributed by atoms with Gasteiger partial charge in [-0.05, 0) is 79.3 Å². The summed E-state index contributed by atoms with van der Waals surface area (Å²) in [5, 5.41) is 17.0. The molecule has 0 unspecified atom stereocenters. The van der Waals surface area contributed by atoms with Crippen molar-refractivity contribution in [3.63, 3.8) is 0 Å². The number of rotatable bonds is 9. The Morgan fingerprint density at radius 1 is 1.00 bits per heavy atom. The topological polar surface area (TPSA) is 82.4 Å². The largest absolute Gasteiger partial charge is 0.478 e. The van der Waals surface area contributed by atoms with E-state index in [4.69, 9.17) is 12.2 Å². The number of aromatic nitrogens is 2. The number of hydrogen-bond donors (Lipinski definition) is 3. The van der Waals surface area contributed by atoms with E-state index in [1.165, 1.54) is 0 Å². The van der Waals surface area contributed by atoms with Crippen molar-refractivity contribution in [3.8, 4) is 5.69 Å². The molecular formula is C28H27N5O2S. The quantitative estimate of drug-likeness (QED) is 0.221. The molecule has 5 rings (SSSR count). The zero-order valence-corrected chi connectivity index (χ0v) is 20.4. The zero-order chi connectivity index (χ0) is 24.9. The number of carboxylic acid groups (broad SMARTS) is 1. The fraction of sp³-hybridized carbons (Fsp3) is 0.179. The van der Waals surface area contributed by atoms with Crippen LogP contribution in [0.1, 0.15) is 40.3 Å². The lowest BCUT2D eigenvalue weighted by atomic mass is 10.0. The first-order valence-electron chi connectivity index (χ1n) is 11.9. The van der Waals surface area contributed by atoms with Gasteiger partial charge in [0.2, 0.25) is 0 Å². The van der Waals surface area contributed by atoms with E-state index in [9.17, 15) is 9.90 Å². The van der Waals surface area contributed by atoms with Crippen molar-refractivity contribution in [2.45, 2.75) is 18.5 Å². The monoisotopic (exact) mass is 497 g/mol. The van der Waals surface area contributed by atoms with Crippen LogP contribution in [0.3, 0.4) is 0 Å². The maximum absolute atomic E-state index is 11.3. The highest BCUT2D eigenvalue weighted by Gasteiger charge is 2.40. The van der Waals surface area contributed by atoms with Gasteiger partial charge in [-0.3, -0.25) is 4.98 Å². The van der Waals surface area contributed by atoms with Crippen LogP contribution >= 0.6 is 12.2 Å². The van der Waals surface area contributed by atoms with Gasteiger partial charge < -0.3 is 25.2 Å². The average molecular weight is 498 g/mol. The highest BCUT2D eigenvalue weighted by atomic mass is 32.1. The second-order valence-corrected chi connectivity index (χ2v) is 9.01. The van der Waals surface area contributed by atoms with Crippen LogP contribution in [0.15, 0.2) is 97.3 Å². The molecular weight excluding hydrogens is 470 g/mol. The molecule has 1 fully saturated rings. The lowest BCUT2D eigenvalue weighted by Crippen LogP contribution is -2.32. The normalized spacial score (nSPS) is 17.1. The number of nitrogens with zero attached hydrogens (tertiary/aromatic N) is 3. The molecule has 0 saturated carbocycles. The predicted octanol–water partition coefficient (Wildman–Crippen LogP) is 5.05. The molecule has 4 aromatic rings. The van der Waals surface area contributed by atoms with Crippen molar-refractivity contribution in [3.05, 3.63) is 114 Å². The third kappa shape index (κ3) is 4.94. The molecule has 8 heteroatoms. The summed E-state index contributed by atoms with van der Waals surface area (Å²) in [5.41, 5.74) is 4.22. The van der Waals surface area contributed by atoms with E-state index >= 15 is 0 Å². The van der Waals surface area contributed by atoms with Crippen molar-refractivity contribution in [2.75, 3.05) is 18.4 Å². The molecule has 3 heterocycles. The summed E-state index contributed by atoms with van der Waals surface area (Å²) >= 11 is 5.81. The molecule has 0 bridgehead atoms. The van der Waals surface area contributed by atoms with Crippen molar-refractivity contribution < 1.29 is 9.90 Å². The van der Waals surface area contributed by atoms with E-state index < -0.39 is 5.97 Å². The summed E-state index contributed by atoms with van der Waals surface area (Å²) in [6.07, 6.45) is 4.69. The van der Waals surface area contributed by atoms with E-state index in [-0.39, 0.29) is 17.6 Å². The van der Waals surface area contributed by atoms with Gasteiger partial charge in [0.1, 0.15) is 0 Å². The molecule has 36 heavy (non-hydrogen) atoms. The van der Waals surface area contributed by atoms with E-state index in [0.717, 1.165) is 42.3 Å². The van der Waals surface area contributed by atoms with Crippen LogP contribution in [-0.2, 0) is 0 Å². The standard InChI is InChI=1S/C28H27N5O2S/c34-27(35)20-12-14-22(15-13-20)32-18-6-11-24(32)26-25(23-10-4-5-16-30-23)31-28(36)33(26)19-7-17-29-21-8-2-1-3-9-21/h1-6,8-16,18,25-26,29H,7,17,19H2,(H,31,36)(H,34,35)/t25-,26+/m0/s1. The second-order valence-electron chi connectivity index (χ2n) is 8.62. The summed E-state index contributed by atoms with van der Waals surface area (Å²) in [5.74, 6) is -0.940. The number of thiocarbonyl (C=S) groups is 1. The van der Waals surface area contributed by atoms with Gasteiger partial charge in [-0.15, -0.1) is 0 Å². The zero-order valence-electron chi connectivity index (χ0n) is 19.6. The van der Waals surface area contributed by atoms with Crippen LogP contribution in [0.2, 0.25) is 0 Å². The first-order chi connectivity index (χ1) is 17.6. The molecule has 0 amide bonds. The van der Waals surface area contributed by atoms with Crippen LogP contribution in [-0.4, -0.2) is 43.7 Å². The number of para-hydroxylation sites is 1. The van der Waals surface area contributed by atoms with E-state index in [2.05, 4.69) is 43.3 Å². The lowest BCUT2D eigenvalue weighted by molar-refractivity contribution is 0.0697. The van der Waals surface area contributed by atoms with Gasteiger partial charge in [-0.2, -0.15) is 0 Å². The highest BCUT2D eigenvalue weighted by molar-refractivity contribution is 7.80. The minimum atomic E-state index is -0.940. The maximum Gasteiger partial charge on any atom is 0.335 e. The minimum Gasteiger partial charge on any atom is -0.478 e. The number of carboxylic acids is 1. The third-order valence-electron chi connectivity index (χ3n) is 6.35. The molecule has 2 aromatic carbocycles. The Morgan fingerprint density at radius 3 is 2.50 bits per heavy atom. The Labute approximate surface area is 215 Å². The van der Waals surface area contributed by atoms with E-state index in [0.29, 0.717) is 5.11 Å². The van der Waals surface area contributed by atoms with Gasteiger partial charge in [0, 0.05) is 42.6 Å². The molecule has 7 nitrogen and oxygen atoms in total. The Morgan fingerprint density at radius 2 is 1.78 bits per heavy atom. The van der Waals surface area contributed by atoms with Gasteiger partial charge in [-0.25, -0.2) is 4.79 Å². The van der Waals surface area contributed by atoms with Crippen LogP contribution < -0.4 is 10.6 Å². The van der Waals surface area contributed by atoms with Gasteiger partial charge in [-0.1, -0.05) is 24.3 Å². The van der Waals surface area contributed by atoms with E-state index in [1.54, 1.807) is 18.3 Å². The Hall–Kier alpha value is -4.17. The van der Waals surface area contributed by atoms with Crippen molar-refractivity contribution in [1.82, 2.24) is 19.8 Å². The first kappa shape index (κ1) is 23.6. The fourth-order valence-electron chi connectivity index (χ4n) is 4.64. The minimum absolute atomic E-state index is 0.0849. The molecule has 1 aliphatic rings. The smallest absolute Gasteiger partial charge is 0.335 e. The van der Waals surface area contributed by atoms with Gasteiger partial charge in [0.05, 0.1) is 23.3 Å². The number of carbonyl (C=O) groups is 1. The van der Waals surface area contributed by atoms with Crippen molar-refractivity contribution in [2.24, 2.45) is 0 Å². The predicted molar refractivity (Wildman–Crippen MR) is 144 cm³/mol. The maximum atomic E-state index is 11.3. The summed E-state index contributed by atoms with van der Waals surface area (Å²) < 4.78 is 2.09. The lowest BCUT2D eigenvalue weighted by Gasteiger charge is -2.29. The van der Waals surface area contributed by atoms with Crippen LogP contribution in [0.5, 0.6) is 0 Å². The Kier molecular flexibility index (Phi) is 6.95. The van der Waals surface area contributed by atoms with E-state index in [1.807, 2.05) is 60.8 Å². The van der Waals surface area contributed by atoms with Crippen molar-refractivity contribution in [1.29, 1.82) is 0 Å². The molecule has 3 N–H and O–H groups in total. The molecule has 0 radical (unpaired) electrons. The third-order valence-corrected chi connectivity index (χ3v) is 6.70. The van der Waals surface area contributed by atoms with Crippen molar-refractivity contribution >= 4 is 29.0 Å². The van der Waals surface area contributed by atoms with Gasteiger partial charge in [0.15, 0.2) is 5.11 Å². The molecule has 2 atom stereocenters. The number of benzene rings is 2. The molecule has 0 aliphatic carbocycles. The second kappa shape index (κ2) is 10.6. The molecule has 1 saturated heterocycles. The number of anilines is 1. The highest BCUT2D eigenvalue weighted by Crippen LogP contribution is 2.39. The number of nitrogens with one attached hydrogen (secondary N) is 2. The van der Waals surface area contributed by atoms with Gasteiger partial charge in [0.25, 0.3) is 0 Å². The molecule has 1 aliphatic heterocycles. The van der Waals surface area contributed by atoms with Crippen LogP contribution in [0, 0.1) is 0 Å². The first-order valence-corrected chi connectivity index (χ1v) is 12.3. The number of pyridine rings is 1. The molecule has 2 aromatic heterocycles. The van der Waals surface area contributed by atoms with Crippen LogP contribution in [0.4, 0.5) is 5.69 Å². The summed E-state index contributed by atoms with van der Waals surface area (Å²) in [6.45, 7) is 1.59. The summed E-state index contributed by atoms with van der Waals surface area (Å²) in [4.78, 5) is 18.2. The van der Waals surface area contributed by atoms with Crippen LogP contribution in [0.25, 0.3) is 5.69 Å².